The summed E-state index contributed by atoms with van der Waals surface area (Å²) in [6, 6.07) is 13.7. The molecule has 2 N–H and O–H groups in total. The molecule has 1 aromatic heterocycles. The van der Waals surface area contributed by atoms with Crippen LogP contribution in [-0.4, -0.2) is 9.55 Å². The summed E-state index contributed by atoms with van der Waals surface area (Å²) in [5, 5.41) is 8.93. The Morgan fingerprint density at radius 3 is 2.52 bits per heavy atom. The molecule has 1 aliphatic carbocycles. The van der Waals surface area contributed by atoms with Crippen LogP contribution in [0, 0.1) is 24.1 Å². The molecular weight excluding hydrogens is 343 g/mol. The fourth-order valence-corrected chi connectivity index (χ4v) is 3.11. The van der Waals surface area contributed by atoms with Gasteiger partial charge in [0.15, 0.2) is 0 Å². The number of rotatable bonds is 3. The zero-order valence-corrected chi connectivity index (χ0v) is 14.7. The Labute approximate surface area is 155 Å². The van der Waals surface area contributed by atoms with Crippen LogP contribution in [0.15, 0.2) is 47.3 Å². The van der Waals surface area contributed by atoms with Gasteiger partial charge in [0.1, 0.15) is 23.5 Å². The summed E-state index contributed by atoms with van der Waals surface area (Å²) < 4.78 is 15.6. The molecule has 2 aromatic carbocycles. The maximum Gasteiger partial charge on any atom is 0.263 e. The molecule has 134 valence electrons. The van der Waals surface area contributed by atoms with Crippen LogP contribution in [0.4, 0.5) is 10.2 Å². The van der Waals surface area contributed by atoms with Gasteiger partial charge in [0.2, 0.25) is 0 Å². The maximum absolute atomic E-state index is 14.1. The summed E-state index contributed by atoms with van der Waals surface area (Å²) in [5.41, 5.74) is 8.12. The van der Waals surface area contributed by atoms with E-state index in [0.717, 1.165) is 0 Å². The quantitative estimate of drug-likeness (QED) is 0.772. The van der Waals surface area contributed by atoms with E-state index in [9.17, 15) is 9.18 Å². The van der Waals surface area contributed by atoms with E-state index in [1.165, 1.54) is 35.1 Å². The zero-order chi connectivity index (χ0) is 19.1. The second kappa shape index (κ2) is 6.36. The van der Waals surface area contributed by atoms with Gasteiger partial charge in [0.25, 0.3) is 5.56 Å². The van der Waals surface area contributed by atoms with Crippen LogP contribution in [0.2, 0.25) is 0 Å². The van der Waals surface area contributed by atoms with E-state index >= 15 is 0 Å². The SMILES string of the molecule is Cc1c(N)nc(-c2ccc(C#N)c(F)c2)n(-c2ccc(C3CC3)cc2)c1=O. The molecule has 4 rings (SSSR count). The van der Waals surface area contributed by atoms with Crippen LogP contribution in [-0.2, 0) is 0 Å². The van der Waals surface area contributed by atoms with Gasteiger partial charge in [-0.1, -0.05) is 12.1 Å². The van der Waals surface area contributed by atoms with Gasteiger partial charge in [-0.2, -0.15) is 5.26 Å². The first kappa shape index (κ1) is 17.0. The predicted octanol–water partition coefficient (Wildman–Crippen LogP) is 3.68. The highest BCUT2D eigenvalue weighted by Gasteiger charge is 2.23. The number of hydrogen-bond donors (Lipinski definition) is 1. The van der Waals surface area contributed by atoms with Crippen LogP contribution >= 0.6 is 0 Å². The van der Waals surface area contributed by atoms with Crippen molar-refractivity contribution >= 4 is 5.82 Å². The average molecular weight is 360 g/mol. The van der Waals surface area contributed by atoms with E-state index in [1.807, 2.05) is 24.3 Å². The topological polar surface area (TPSA) is 84.7 Å². The molecule has 0 bridgehead atoms. The lowest BCUT2D eigenvalue weighted by molar-refractivity contribution is 0.624. The molecule has 0 unspecified atom stereocenters. The number of nitrogens with two attached hydrogens (primary N) is 1. The van der Waals surface area contributed by atoms with Crippen LogP contribution in [0.5, 0.6) is 0 Å². The van der Waals surface area contributed by atoms with E-state index in [2.05, 4.69) is 4.98 Å². The van der Waals surface area contributed by atoms with Crippen molar-refractivity contribution in [1.82, 2.24) is 9.55 Å². The van der Waals surface area contributed by atoms with E-state index < -0.39 is 5.82 Å². The summed E-state index contributed by atoms with van der Waals surface area (Å²) in [4.78, 5) is 17.3. The Morgan fingerprint density at radius 2 is 1.93 bits per heavy atom. The molecule has 27 heavy (non-hydrogen) atoms. The van der Waals surface area contributed by atoms with Crippen LogP contribution in [0.1, 0.15) is 35.4 Å². The zero-order valence-electron chi connectivity index (χ0n) is 14.7. The standard InChI is InChI=1S/C21H17FN4O/c1-12-19(24)25-20(15-4-5-16(11-23)18(22)10-15)26(21(12)27)17-8-6-14(7-9-17)13-2-3-13/h4-10,13H,2-3,24H2,1H3. The largest absolute Gasteiger partial charge is 0.383 e. The minimum absolute atomic E-state index is 0.0680. The van der Waals surface area contributed by atoms with Gasteiger partial charge in [0, 0.05) is 5.56 Å². The normalized spacial score (nSPS) is 13.4. The monoisotopic (exact) mass is 360 g/mol. The van der Waals surface area contributed by atoms with E-state index in [-0.39, 0.29) is 22.8 Å². The van der Waals surface area contributed by atoms with Crippen molar-refractivity contribution in [2.75, 3.05) is 5.73 Å². The van der Waals surface area contributed by atoms with Crippen LogP contribution < -0.4 is 11.3 Å². The summed E-state index contributed by atoms with van der Waals surface area (Å²) in [6.07, 6.45) is 2.38. The Balaban J connectivity index is 1.92. The van der Waals surface area contributed by atoms with Gasteiger partial charge < -0.3 is 5.73 Å². The lowest BCUT2D eigenvalue weighted by Gasteiger charge is -2.15. The number of aromatic nitrogens is 2. The van der Waals surface area contributed by atoms with Crippen molar-refractivity contribution in [2.24, 2.45) is 0 Å². The number of halogens is 1. The fraction of sp³-hybridized carbons (Fsp3) is 0.190. The number of nitrogen functional groups attached to an aromatic ring is 1. The van der Waals surface area contributed by atoms with Gasteiger partial charge in [-0.25, -0.2) is 9.37 Å². The third kappa shape index (κ3) is 2.97. The van der Waals surface area contributed by atoms with E-state index in [4.69, 9.17) is 11.0 Å². The Kier molecular flexibility index (Phi) is 4.00. The van der Waals surface area contributed by atoms with Gasteiger partial charge in [-0.15, -0.1) is 0 Å². The molecule has 0 aliphatic heterocycles. The molecule has 3 aromatic rings. The molecular formula is C21H17FN4O. The average Bonchev–Trinajstić information content (AvgIpc) is 3.51. The second-order valence-corrected chi connectivity index (χ2v) is 6.76. The summed E-state index contributed by atoms with van der Waals surface area (Å²) in [5.74, 6) is 0.282. The first-order chi connectivity index (χ1) is 13.0. The van der Waals surface area contributed by atoms with Crippen molar-refractivity contribution in [3.63, 3.8) is 0 Å². The van der Waals surface area contributed by atoms with Crippen molar-refractivity contribution in [3.8, 4) is 23.1 Å². The second-order valence-electron chi connectivity index (χ2n) is 6.76. The molecule has 1 fully saturated rings. The third-order valence-corrected chi connectivity index (χ3v) is 4.89. The number of anilines is 1. The first-order valence-corrected chi connectivity index (χ1v) is 8.69. The van der Waals surface area contributed by atoms with Crippen molar-refractivity contribution in [3.05, 3.63) is 75.3 Å². The van der Waals surface area contributed by atoms with Gasteiger partial charge in [-0.05, 0) is 61.6 Å². The Bertz CT molecular complexity index is 1140. The molecule has 1 heterocycles. The lowest BCUT2D eigenvalue weighted by atomic mass is 10.1. The molecule has 0 saturated heterocycles. The highest BCUT2D eigenvalue weighted by Crippen LogP contribution is 2.40. The van der Waals surface area contributed by atoms with Gasteiger partial charge >= 0.3 is 0 Å². The highest BCUT2D eigenvalue weighted by atomic mass is 19.1. The van der Waals surface area contributed by atoms with Crippen molar-refractivity contribution < 1.29 is 4.39 Å². The van der Waals surface area contributed by atoms with Crippen molar-refractivity contribution in [1.29, 1.82) is 5.26 Å². The molecule has 0 atom stereocenters. The van der Waals surface area contributed by atoms with Crippen LogP contribution in [0.25, 0.3) is 17.1 Å². The minimum Gasteiger partial charge on any atom is -0.383 e. The summed E-state index contributed by atoms with van der Waals surface area (Å²) in [6.45, 7) is 1.61. The predicted molar refractivity (Wildman–Crippen MR) is 101 cm³/mol. The van der Waals surface area contributed by atoms with E-state index in [1.54, 1.807) is 19.1 Å². The number of hydrogen-bond acceptors (Lipinski definition) is 4. The minimum atomic E-state index is -0.668. The molecule has 1 saturated carbocycles. The van der Waals surface area contributed by atoms with Crippen LogP contribution in [0.3, 0.4) is 0 Å². The highest BCUT2D eigenvalue weighted by molar-refractivity contribution is 5.62. The smallest absolute Gasteiger partial charge is 0.263 e. The molecule has 0 spiro atoms. The molecule has 0 amide bonds. The van der Waals surface area contributed by atoms with E-state index in [0.29, 0.717) is 22.7 Å². The fourth-order valence-electron chi connectivity index (χ4n) is 3.11. The summed E-state index contributed by atoms with van der Waals surface area (Å²) >= 11 is 0. The number of nitrogens with zero attached hydrogens (tertiary/aromatic N) is 3. The Morgan fingerprint density at radius 1 is 1.22 bits per heavy atom. The van der Waals surface area contributed by atoms with Crippen molar-refractivity contribution in [2.45, 2.75) is 25.7 Å². The molecule has 0 radical (unpaired) electrons. The lowest BCUT2D eigenvalue weighted by Crippen LogP contribution is -2.25. The third-order valence-electron chi connectivity index (χ3n) is 4.89. The maximum atomic E-state index is 14.1. The number of nitriles is 1. The van der Waals surface area contributed by atoms with Gasteiger partial charge in [0.05, 0.1) is 16.8 Å². The molecule has 5 nitrogen and oxygen atoms in total. The first-order valence-electron chi connectivity index (χ1n) is 8.69. The summed E-state index contributed by atoms with van der Waals surface area (Å²) in [7, 11) is 0. The van der Waals surface area contributed by atoms with Gasteiger partial charge in [-0.3, -0.25) is 9.36 Å². The number of benzene rings is 2. The molecule has 1 aliphatic rings. The molecule has 6 heteroatoms. The Hall–Kier alpha value is -3.46.